The number of para-hydroxylation sites is 1. The van der Waals surface area contributed by atoms with E-state index in [-0.39, 0.29) is 18.9 Å². The number of carbonyl (C=O) groups excluding carboxylic acids is 4. The van der Waals surface area contributed by atoms with Crippen LogP contribution in [0, 0.1) is 0 Å². The van der Waals surface area contributed by atoms with Crippen molar-refractivity contribution in [3.63, 3.8) is 0 Å². The number of likely N-dealkylation sites (N-methyl/N-ethyl adjacent to an activating group) is 1. The molecule has 2 aromatic rings. The molecule has 2 aliphatic heterocycles. The van der Waals surface area contributed by atoms with Gasteiger partial charge in [-0.1, -0.05) is 48.5 Å². The topological polar surface area (TPSA) is 119 Å². The summed E-state index contributed by atoms with van der Waals surface area (Å²) in [5, 5.41) is 13.4. The molecule has 0 spiro atoms. The first-order chi connectivity index (χ1) is 19.5. The first-order valence-electron chi connectivity index (χ1n) is 14.1. The number of likely N-dealkylation sites (tertiary alicyclic amines) is 2. The van der Waals surface area contributed by atoms with Crippen molar-refractivity contribution in [2.75, 3.05) is 25.0 Å². The number of nitrogens with one attached hydrogen (secondary N) is 1. The van der Waals surface area contributed by atoms with Gasteiger partial charge in [-0.15, -0.1) is 0 Å². The van der Waals surface area contributed by atoms with Crippen LogP contribution in [0.3, 0.4) is 0 Å². The molecule has 10 heteroatoms. The first-order valence-corrected chi connectivity index (χ1v) is 14.1. The molecule has 41 heavy (non-hydrogen) atoms. The van der Waals surface area contributed by atoms with Crippen molar-refractivity contribution in [2.45, 2.75) is 76.3 Å². The summed E-state index contributed by atoms with van der Waals surface area (Å²) in [4.78, 5) is 58.5. The number of benzene rings is 2. The van der Waals surface area contributed by atoms with E-state index in [2.05, 4.69) is 5.32 Å². The summed E-state index contributed by atoms with van der Waals surface area (Å²) in [6.07, 6.45) is 0.471. The molecule has 2 saturated heterocycles. The zero-order valence-electron chi connectivity index (χ0n) is 24.2. The molecule has 2 fully saturated rings. The third-order valence-electron chi connectivity index (χ3n) is 7.42. The lowest BCUT2D eigenvalue weighted by Gasteiger charge is -2.38. The number of ether oxygens (including phenoxy) is 1. The summed E-state index contributed by atoms with van der Waals surface area (Å²) in [6, 6.07) is 15.2. The smallest absolute Gasteiger partial charge is 0.410 e. The second-order valence-corrected chi connectivity index (χ2v) is 11.7. The molecule has 2 N–H and O–H groups in total. The molecule has 4 amide bonds. The van der Waals surface area contributed by atoms with Gasteiger partial charge in [0.15, 0.2) is 0 Å². The predicted molar refractivity (Wildman–Crippen MR) is 154 cm³/mol. The second-order valence-electron chi connectivity index (χ2n) is 11.7. The van der Waals surface area contributed by atoms with Gasteiger partial charge in [-0.05, 0) is 57.7 Å². The average molecular weight is 565 g/mol. The van der Waals surface area contributed by atoms with Crippen molar-refractivity contribution in [3.8, 4) is 0 Å². The lowest BCUT2D eigenvalue weighted by atomic mass is 10.0. The number of nitrogens with zero attached hydrogens (tertiary/aromatic N) is 3. The molecule has 0 aromatic heterocycles. The minimum Gasteiger partial charge on any atom is -0.444 e. The zero-order valence-corrected chi connectivity index (χ0v) is 24.2. The maximum Gasteiger partial charge on any atom is 0.410 e. The molecule has 2 aromatic carbocycles. The third kappa shape index (κ3) is 7.24. The van der Waals surface area contributed by atoms with E-state index < -0.39 is 47.7 Å². The molecule has 0 saturated carbocycles. The van der Waals surface area contributed by atoms with Gasteiger partial charge >= 0.3 is 6.09 Å². The average Bonchev–Trinajstić information content (AvgIpc) is 3.36. The molecule has 4 atom stereocenters. The highest BCUT2D eigenvalue weighted by molar-refractivity contribution is 6.00. The second kappa shape index (κ2) is 12.7. The highest BCUT2D eigenvalue weighted by Gasteiger charge is 2.45. The summed E-state index contributed by atoms with van der Waals surface area (Å²) in [5.74, 6) is -1.30. The lowest BCUT2D eigenvalue weighted by Crippen LogP contribution is -2.57. The number of β-amino-alcohol motifs (C(OH)–C–C–N with tert-alkyl or cyclic N) is 1. The van der Waals surface area contributed by atoms with Crippen LogP contribution in [0.1, 0.15) is 58.1 Å². The van der Waals surface area contributed by atoms with Crippen molar-refractivity contribution in [1.82, 2.24) is 15.1 Å². The van der Waals surface area contributed by atoms with Crippen LogP contribution in [0.15, 0.2) is 60.7 Å². The van der Waals surface area contributed by atoms with Gasteiger partial charge in [0.25, 0.3) is 5.91 Å². The number of aliphatic hydroxyl groups excluding tert-OH is 1. The monoisotopic (exact) mass is 564 g/mol. The summed E-state index contributed by atoms with van der Waals surface area (Å²) in [6.45, 7) is 5.63. The van der Waals surface area contributed by atoms with Gasteiger partial charge in [-0.3, -0.25) is 19.3 Å². The summed E-state index contributed by atoms with van der Waals surface area (Å²) < 4.78 is 5.55. The van der Waals surface area contributed by atoms with Gasteiger partial charge in [0.05, 0.1) is 6.10 Å². The van der Waals surface area contributed by atoms with E-state index in [1.807, 2.05) is 24.3 Å². The van der Waals surface area contributed by atoms with E-state index in [4.69, 9.17) is 4.74 Å². The Bertz CT molecular complexity index is 1230. The standard InChI is InChI=1S/C31H40N4O6/c1-31(2,3)41-30(40)34-18-12-11-17-24(34)28(38)35-20-23(36)19-25(35)27(37)32-26(21-13-7-5-8-14-21)29(39)33(4)22-15-9-6-10-16-22/h5-10,13-16,23-26,36H,11-12,17-20H2,1-4H3,(H,32,37)/t23-,24+,25+,26+/m1/s1. The van der Waals surface area contributed by atoms with Crippen LogP contribution in [0.5, 0.6) is 0 Å². The van der Waals surface area contributed by atoms with Gasteiger partial charge in [-0.2, -0.15) is 0 Å². The van der Waals surface area contributed by atoms with Crippen molar-refractivity contribution < 1.29 is 29.0 Å². The van der Waals surface area contributed by atoms with Crippen molar-refractivity contribution in [1.29, 1.82) is 0 Å². The van der Waals surface area contributed by atoms with E-state index in [9.17, 15) is 24.3 Å². The fourth-order valence-electron chi connectivity index (χ4n) is 5.37. The third-order valence-corrected chi connectivity index (χ3v) is 7.42. The van der Waals surface area contributed by atoms with E-state index in [0.717, 1.165) is 12.8 Å². The predicted octanol–water partition coefficient (Wildman–Crippen LogP) is 3.26. The zero-order chi connectivity index (χ0) is 29.7. The van der Waals surface area contributed by atoms with Crippen LogP contribution < -0.4 is 10.2 Å². The normalized spacial score (nSPS) is 21.6. The SMILES string of the molecule is CN(C(=O)[C@@H](NC(=O)[C@@H]1C[C@@H](O)CN1C(=O)[C@@H]1CCCCN1C(=O)OC(C)(C)C)c1ccccc1)c1ccccc1. The highest BCUT2D eigenvalue weighted by Crippen LogP contribution is 2.28. The number of aliphatic hydroxyl groups is 1. The number of hydrogen-bond donors (Lipinski definition) is 2. The number of anilines is 1. The number of carbonyl (C=O) groups is 4. The van der Waals surface area contributed by atoms with Crippen LogP contribution >= 0.6 is 0 Å². The Morgan fingerprint density at radius 1 is 0.951 bits per heavy atom. The lowest BCUT2D eigenvalue weighted by molar-refractivity contribution is -0.144. The van der Waals surface area contributed by atoms with Gasteiger partial charge < -0.3 is 25.0 Å². The molecule has 10 nitrogen and oxygen atoms in total. The maximum absolute atomic E-state index is 13.8. The Balaban J connectivity index is 1.56. The summed E-state index contributed by atoms with van der Waals surface area (Å²) >= 11 is 0. The summed E-state index contributed by atoms with van der Waals surface area (Å²) in [5.41, 5.74) is 0.536. The summed E-state index contributed by atoms with van der Waals surface area (Å²) in [7, 11) is 1.64. The molecular formula is C31H40N4O6. The molecule has 4 rings (SSSR count). The largest absolute Gasteiger partial charge is 0.444 e. The minimum absolute atomic E-state index is 0.0287. The fraction of sp³-hybridized carbons (Fsp3) is 0.484. The van der Waals surface area contributed by atoms with Crippen molar-refractivity contribution in [2.24, 2.45) is 0 Å². The van der Waals surface area contributed by atoms with Gasteiger partial charge in [-0.25, -0.2) is 4.79 Å². The van der Waals surface area contributed by atoms with Gasteiger partial charge in [0.2, 0.25) is 11.8 Å². The van der Waals surface area contributed by atoms with Crippen LogP contribution in [0.25, 0.3) is 0 Å². The Labute approximate surface area is 241 Å². The molecule has 0 radical (unpaired) electrons. The van der Waals surface area contributed by atoms with Gasteiger partial charge in [0.1, 0.15) is 23.7 Å². The van der Waals surface area contributed by atoms with Crippen LogP contribution in [-0.4, -0.2) is 82.6 Å². The molecule has 2 heterocycles. The van der Waals surface area contributed by atoms with E-state index in [1.54, 1.807) is 64.2 Å². The van der Waals surface area contributed by atoms with E-state index in [1.165, 1.54) is 14.7 Å². The Kier molecular flexibility index (Phi) is 9.32. The number of rotatable bonds is 6. The molecule has 0 bridgehead atoms. The molecule has 0 unspecified atom stereocenters. The van der Waals surface area contributed by atoms with Crippen molar-refractivity contribution in [3.05, 3.63) is 66.2 Å². The highest BCUT2D eigenvalue weighted by atomic mass is 16.6. The molecule has 0 aliphatic carbocycles. The van der Waals surface area contributed by atoms with E-state index in [0.29, 0.717) is 24.2 Å². The molecule has 2 aliphatic rings. The maximum atomic E-state index is 13.8. The fourth-order valence-corrected chi connectivity index (χ4v) is 5.37. The Hall–Kier alpha value is -3.92. The number of hydrogen-bond acceptors (Lipinski definition) is 6. The van der Waals surface area contributed by atoms with Crippen molar-refractivity contribution >= 4 is 29.5 Å². The van der Waals surface area contributed by atoms with E-state index >= 15 is 0 Å². The Morgan fingerprint density at radius 3 is 2.22 bits per heavy atom. The van der Waals surface area contributed by atoms with Crippen LogP contribution in [0.4, 0.5) is 10.5 Å². The first kappa shape index (κ1) is 30.0. The van der Waals surface area contributed by atoms with Crippen LogP contribution in [-0.2, 0) is 19.1 Å². The number of piperidine rings is 1. The minimum atomic E-state index is -1.02. The van der Waals surface area contributed by atoms with Gasteiger partial charge in [0, 0.05) is 32.2 Å². The Morgan fingerprint density at radius 2 is 1.59 bits per heavy atom. The van der Waals surface area contributed by atoms with Crippen LogP contribution in [0.2, 0.25) is 0 Å². The molecular weight excluding hydrogens is 524 g/mol. The number of amides is 4. The quantitative estimate of drug-likeness (QED) is 0.556. The molecule has 220 valence electrons.